The first-order valence-corrected chi connectivity index (χ1v) is 9.32. The Morgan fingerprint density at radius 1 is 1.12 bits per heavy atom. The van der Waals surface area contributed by atoms with Gasteiger partial charge in [-0.15, -0.1) is 0 Å². The zero-order valence-electron chi connectivity index (χ0n) is 17.0. The molecule has 1 aliphatic heterocycles. The molecule has 0 fully saturated rings. The normalized spacial score (nSPS) is 13.6. The predicted octanol–water partition coefficient (Wildman–Crippen LogP) is 5.27. The molecule has 0 atom stereocenters. The number of hydrogen-bond donors (Lipinski definition) is 1. The molecule has 0 saturated carbocycles. The number of nitriles is 1. The van der Waals surface area contributed by atoms with Crippen LogP contribution in [-0.4, -0.2) is 18.1 Å². The van der Waals surface area contributed by atoms with Crippen molar-refractivity contribution in [2.45, 2.75) is 0 Å². The summed E-state index contributed by atoms with van der Waals surface area (Å²) in [7, 11) is 1.75. The van der Waals surface area contributed by atoms with E-state index in [0.29, 0.717) is 22.9 Å². The van der Waals surface area contributed by atoms with E-state index in [9.17, 15) is 10.1 Å². The first kappa shape index (κ1) is 21.6. The molecule has 3 rings (SSSR count). The summed E-state index contributed by atoms with van der Waals surface area (Å²) in [6, 6.07) is 15.5. The highest BCUT2D eigenvalue weighted by Gasteiger charge is 2.24. The average Bonchev–Trinajstić information content (AvgIpc) is 3.13. The van der Waals surface area contributed by atoms with Crippen molar-refractivity contribution in [3.63, 3.8) is 0 Å². The van der Waals surface area contributed by atoms with Crippen molar-refractivity contribution in [2.24, 2.45) is 0 Å². The molecule has 1 N–H and O–H groups in total. The van der Waals surface area contributed by atoms with E-state index in [-0.39, 0.29) is 22.5 Å². The van der Waals surface area contributed by atoms with Crippen LogP contribution in [0.2, 0.25) is 0 Å². The zero-order chi connectivity index (χ0) is 23.1. The summed E-state index contributed by atoms with van der Waals surface area (Å²) in [5, 5.41) is 18.8. The molecule has 1 aliphatic rings. The minimum absolute atomic E-state index is 0.160. The van der Waals surface area contributed by atoms with Gasteiger partial charge in [-0.3, -0.25) is 0 Å². The van der Waals surface area contributed by atoms with Crippen molar-refractivity contribution in [1.82, 2.24) is 0 Å². The number of carboxylic acids is 1. The molecule has 0 bridgehead atoms. The smallest absolute Gasteiger partial charge is 0.478 e. The lowest BCUT2D eigenvalue weighted by atomic mass is 9.98. The van der Waals surface area contributed by atoms with Gasteiger partial charge in [-0.05, 0) is 35.9 Å². The number of carbonyl (C=O) groups is 1. The van der Waals surface area contributed by atoms with Gasteiger partial charge in [0.15, 0.2) is 11.6 Å². The molecule has 7 nitrogen and oxygen atoms in total. The van der Waals surface area contributed by atoms with Crippen molar-refractivity contribution < 1.29 is 14.6 Å². The minimum Gasteiger partial charge on any atom is -0.478 e. The summed E-state index contributed by atoms with van der Waals surface area (Å²) >= 11 is 0. The van der Waals surface area contributed by atoms with Crippen molar-refractivity contribution >= 4 is 17.2 Å². The second-order valence-corrected chi connectivity index (χ2v) is 6.52. The fourth-order valence-electron chi connectivity index (χ4n) is 3.06. The van der Waals surface area contributed by atoms with Gasteiger partial charge >= 0.3 is 11.8 Å². The van der Waals surface area contributed by atoms with Crippen LogP contribution in [0.25, 0.3) is 15.3 Å². The van der Waals surface area contributed by atoms with Crippen molar-refractivity contribution in [3.8, 4) is 11.8 Å². The van der Waals surface area contributed by atoms with E-state index in [1.165, 1.54) is 18.2 Å². The largest absolute Gasteiger partial charge is 0.528 e. The lowest BCUT2D eigenvalue weighted by Crippen LogP contribution is -2.13. The molecule has 2 aromatic rings. The first-order valence-electron chi connectivity index (χ1n) is 9.32. The van der Waals surface area contributed by atoms with Gasteiger partial charge in [0.1, 0.15) is 13.1 Å². The lowest BCUT2D eigenvalue weighted by molar-refractivity contribution is 0.0697. The third-order valence-electron chi connectivity index (χ3n) is 4.61. The van der Waals surface area contributed by atoms with E-state index in [1.54, 1.807) is 60.5 Å². The highest BCUT2D eigenvalue weighted by molar-refractivity contribution is 5.90. The number of aromatic carboxylic acids is 1. The van der Waals surface area contributed by atoms with Crippen LogP contribution in [-0.2, 0) is 0 Å². The molecular weight excluding hydrogens is 404 g/mol. The molecule has 0 aromatic heterocycles. The number of anilines is 1. The molecule has 7 heteroatoms. The Morgan fingerprint density at radius 2 is 1.84 bits per heavy atom. The maximum atomic E-state index is 11.2. The molecule has 1 heterocycles. The molecular formula is C25H16N4O3. The highest BCUT2D eigenvalue weighted by atomic mass is 16.5. The molecule has 154 valence electrons. The van der Waals surface area contributed by atoms with Gasteiger partial charge in [0.2, 0.25) is 0 Å². The Morgan fingerprint density at radius 3 is 2.47 bits per heavy atom. The van der Waals surface area contributed by atoms with E-state index in [4.69, 9.17) is 23.0 Å². The number of benzene rings is 2. The lowest BCUT2D eigenvalue weighted by Gasteiger charge is -2.10. The van der Waals surface area contributed by atoms with Crippen LogP contribution in [0.1, 0.15) is 15.9 Å². The second kappa shape index (κ2) is 9.63. The Hall–Kier alpha value is -5.06. The van der Waals surface area contributed by atoms with Crippen molar-refractivity contribution in [2.75, 3.05) is 11.9 Å². The first-order chi connectivity index (χ1) is 15.5. The standard InChI is InChI=1S/C25H16N4O3/c1-27-24(28-2)23(17-9-5-4-6-10-17)19(16-26)11-7-8-12-22-29(3)20-15-18(25(30)31)13-14-21(20)32-22/h4-15H,3H3,(H,30,31)/b8-7+,19-11+,22-12-. The molecule has 0 radical (unpaired) electrons. The Bertz CT molecular complexity index is 1300. The summed E-state index contributed by atoms with van der Waals surface area (Å²) in [5.41, 5.74) is 1.86. The number of hydrogen-bond acceptors (Lipinski definition) is 4. The molecule has 0 aliphatic carbocycles. The fraction of sp³-hybridized carbons (Fsp3) is 0.0400. The number of rotatable bonds is 5. The van der Waals surface area contributed by atoms with Crippen LogP contribution < -0.4 is 9.64 Å². The third-order valence-corrected chi connectivity index (χ3v) is 4.61. The van der Waals surface area contributed by atoms with Gasteiger partial charge in [-0.25, -0.2) is 4.79 Å². The summed E-state index contributed by atoms with van der Waals surface area (Å²) in [6.45, 7) is 14.6. The van der Waals surface area contributed by atoms with Crippen LogP contribution in [0.4, 0.5) is 5.69 Å². The Kier molecular flexibility index (Phi) is 6.51. The Balaban J connectivity index is 1.89. The Labute approximate surface area is 185 Å². The third kappa shape index (κ3) is 4.41. The van der Waals surface area contributed by atoms with Crippen LogP contribution in [0, 0.1) is 24.5 Å². The van der Waals surface area contributed by atoms with E-state index < -0.39 is 5.97 Å². The van der Waals surface area contributed by atoms with Gasteiger partial charge in [-0.1, -0.05) is 42.5 Å². The summed E-state index contributed by atoms with van der Waals surface area (Å²) < 4.78 is 5.75. The number of allylic oxidation sites excluding steroid dienone is 6. The average molecular weight is 420 g/mol. The number of nitrogens with zero attached hydrogens (tertiary/aromatic N) is 4. The van der Waals surface area contributed by atoms with Crippen molar-refractivity contribution in [3.05, 3.63) is 124 Å². The van der Waals surface area contributed by atoms with Crippen LogP contribution in [0.15, 0.2) is 90.1 Å². The molecule has 0 spiro atoms. The summed E-state index contributed by atoms with van der Waals surface area (Å²) in [4.78, 5) is 19.4. The number of fused-ring (bicyclic) bond motifs is 1. The van der Waals surface area contributed by atoms with E-state index in [2.05, 4.69) is 15.8 Å². The molecule has 2 aromatic carbocycles. The van der Waals surface area contributed by atoms with Crippen LogP contribution in [0.3, 0.4) is 0 Å². The van der Waals surface area contributed by atoms with Gasteiger partial charge in [0, 0.05) is 7.05 Å². The molecule has 0 unspecified atom stereocenters. The topological polar surface area (TPSA) is 82.3 Å². The highest BCUT2D eigenvalue weighted by Crippen LogP contribution is 2.38. The maximum absolute atomic E-state index is 11.2. The zero-order valence-corrected chi connectivity index (χ0v) is 17.0. The monoisotopic (exact) mass is 420 g/mol. The van der Waals surface area contributed by atoms with Gasteiger partial charge < -0.3 is 14.7 Å². The SMILES string of the molecule is [C-]#[N+]C([N+]#[C-])=C(/C(C#N)=C/C=C/C=C1\Oc2ccc(C(=O)O)cc2N1C)c1ccccc1. The van der Waals surface area contributed by atoms with E-state index >= 15 is 0 Å². The molecule has 0 amide bonds. The fourth-order valence-corrected chi connectivity index (χ4v) is 3.06. The molecule has 32 heavy (non-hydrogen) atoms. The van der Waals surface area contributed by atoms with E-state index in [0.717, 1.165) is 0 Å². The maximum Gasteiger partial charge on any atom is 0.528 e. The quantitative estimate of drug-likeness (QED) is 0.405. The molecule has 0 saturated heterocycles. The van der Waals surface area contributed by atoms with Gasteiger partial charge in [-0.2, -0.15) is 15.0 Å². The van der Waals surface area contributed by atoms with E-state index in [1.807, 2.05) is 6.07 Å². The predicted molar refractivity (Wildman–Crippen MR) is 120 cm³/mol. The summed E-state index contributed by atoms with van der Waals surface area (Å²) in [6.07, 6.45) is 6.47. The van der Waals surface area contributed by atoms with Crippen LogP contribution >= 0.6 is 0 Å². The minimum atomic E-state index is -1.02. The van der Waals surface area contributed by atoms with Crippen LogP contribution in [0.5, 0.6) is 5.75 Å². The number of ether oxygens (including phenoxy) is 1. The number of carboxylic acid groups (broad SMARTS) is 1. The summed E-state index contributed by atoms with van der Waals surface area (Å²) in [5.74, 6) is -0.182. The van der Waals surface area contributed by atoms with Gasteiger partial charge in [0.25, 0.3) is 0 Å². The second-order valence-electron chi connectivity index (χ2n) is 6.52. The van der Waals surface area contributed by atoms with Gasteiger partial charge in [0.05, 0.1) is 28.5 Å². The van der Waals surface area contributed by atoms with Crippen molar-refractivity contribution in [1.29, 1.82) is 5.26 Å².